The number of amides is 1. The highest BCUT2D eigenvalue weighted by atomic mass is 32.2. The van der Waals surface area contributed by atoms with E-state index in [0.717, 1.165) is 12.0 Å². The molecule has 0 fully saturated rings. The van der Waals surface area contributed by atoms with Gasteiger partial charge in [-0.05, 0) is 24.1 Å². The standard InChI is InChI=1S/C10H14N2O3S/c1-3-9-4-6-10(7-5-9)16(14,15)12-11-8(2)13/h4-7,12H,3H2,1-2H3,(H,11,13). The predicted octanol–water partition coefficient (Wildman–Crippen LogP) is 0.578. The van der Waals surface area contributed by atoms with Gasteiger partial charge in [-0.1, -0.05) is 19.1 Å². The molecule has 2 N–H and O–H groups in total. The molecule has 6 heteroatoms. The van der Waals surface area contributed by atoms with E-state index in [9.17, 15) is 13.2 Å². The van der Waals surface area contributed by atoms with Gasteiger partial charge in [0.05, 0.1) is 4.90 Å². The Morgan fingerprint density at radius 1 is 1.25 bits per heavy atom. The first-order chi connectivity index (χ1) is 7.45. The summed E-state index contributed by atoms with van der Waals surface area (Å²) in [6, 6.07) is 6.48. The van der Waals surface area contributed by atoms with Crippen LogP contribution in [0.4, 0.5) is 0 Å². The summed E-state index contributed by atoms with van der Waals surface area (Å²) in [6.45, 7) is 3.21. The van der Waals surface area contributed by atoms with Crippen molar-refractivity contribution in [3.05, 3.63) is 29.8 Å². The van der Waals surface area contributed by atoms with Gasteiger partial charge in [0.1, 0.15) is 0 Å². The van der Waals surface area contributed by atoms with E-state index >= 15 is 0 Å². The number of hydrazine groups is 1. The summed E-state index contributed by atoms with van der Waals surface area (Å²) in [5.41, 5.74) is 3.09. The lowest BCUT2D eigenvalue weighted by molar-refractivity contribution is -0.119. The number of carbonyl (C=O) groups excluding carboxylic acids is 1. The molecule has 88 valence electrons. The number of hydrogen-bond acceptors (Lipinski definition) is 3. The van der Waals surface area contributed by atoms with Crippen LogP contribution >= 0.6 is 0 Å². The average molecular weight is 242 g/mol. The van der Waals surface area contributed by atoms with Gasteiger partial charge in [0.2, 0.25) is 5.91 Å². The molecule has 1 rings (SSSR count). The fourth-order valence-corrected chi connectivity index (χ4v) is 1.99. The zero-order valence-electron chi connectivity index (χ0n) is 9.15. The first kappa shape index (κ1) is 12.7. The summed E-state index contributed by atoms with van der Waals surface area (Å²) in [4.78, 5) is 12.7. The van der Waals surface area contributed by atoms with Crippen LogP contribution in [0.2, 0.25) is 0 Å². The van der Waals surface area contributed by atoms with Crippen molar-refractivity contribution in [2.75, 3.05) is 0 Å². The van der Waals surface area contributed by atoms with Crippen molar-refractivity contribution in [2.45, 2.75) is 25.2 Å². The van der Waals surface area contributed by atoms with E-state index in [1.807, 2.05) is 17.2 Å². The zero-order chi connectivity index (χ0) is 12.2. The maximum atomic E-state index is 11.6. The fourth-order valence-electron chi connectivity index (χ4n) is 1.10. The molecule has 0 spiro atoms. The van der Waals surface area contributed by atoms with E-state index in [0.29, 0.717) is 0 Å². The molecule has 0 atom stereocenters. The van der Waals surface area contributed by atoms with Gasteiger partial charge in [0, 0.05) is 6.92 Å². The van der Waals surface area contributed by atoms with Crippen LogP contribution in [0.25, 0.3) is 0 Å². The van der Waals surface area contributed by atoms with Gasteiger partial charge in [-0.3, -0.25) is 10.2 Å². The monoisotopic (exact) mass is 242 g/mol. The molecule has 1 amide bonds. The normalized spacial score (nSPS) is 11.1. The highest BCUT2D eigenvalue weighted by molar-refractivity contribution is 7.89. The predicted molar refractivity (Wildman–Crippen MR) is 60.0 cm³/mol. The van der Waals surface area contributed by atoms with Crippen LogP contribution in [0.1, 0.15) is 19.4 Å². The number of hydrogen-bond donors (Lipinski definition) is 2. The second-order valence-electron chi connectivity index (χ2n) is 3.28. The molecule has 0 saturated carbocycles. The molecule has 5 nitrogen and oxygen atoms in total. The maximum Gasteiger partial charge on any atom is 0.257 e. The molecule has 0 heterocycles. The summed E-state index contributed by atoms with van der Waals surface area (Å²) in [5, 5.41) is 0. The molecule has 0 aliphatic heterocycles. The van der Waals surface area contributed by atoms with E-state index in [2.05, 4.69) is 0 Å². The fraction of sp³-hybridized carbons (Fsp3) is 0.300. The smallest absolute Gasteiger partial charge is 0.257 e. The molecule has 0 aliphatic rings. The Morgan fingerprint density at radius 3 is 2.25 bits per heavy atom. The Balaban J connectivity index is 2.85. The highest BCUT2D eigenvalue weighted by Crippen LogP contribution is 2.10. The molecular formula is C10H14N2O3S. The Morgan fingerprint density at radius 2 is 1.81 bits per heavy atom. The maximum absolute atomic E-state index is 11.6. The van der Waals surface area contributed by atoms with Crippen LogP contribution < -0.4 is 10.3 Å². The van der Waals surface area contributed by atoms with E-state index in [1.165, 1.54) is 19.1 Å². The number of carbonyl (C=O) groups is 1. The quantitative estimate of drug-likeness (QED) is 0.758. The number of rotatable bonds is 4. The third-order valence-corrected chi connectivity index (χ3v) is 3.27. The van der Waals surface area contributed by atoms with E-state index < -0.39 is 15.9 Å². The summed E-state index contributed by atoms with van der Waals surface area (Å²) in [7, 11) is -3.66. The molecule has 0 saturated heterocycles. The van der Waals surface area contributed by atoms with Crippen LogP contribution in [0, 0.1) is 0 Å². The first-order valence-corrected chi connectivity index (χ1v) is 6.31. The minimum atomic E-state index is -3.66. The minimum absolute atomic E-state index is 0.124. The Bertz CT molecular complexity index is 465. The van der Waals surface area contributed by atoms with Crippen molar-refractivity contribution in [2.24, 2.45) is 0 Å². The molecule has 16 heavy (non-hydrogen) atoms. The minimum Gasteiger partial charge on any atom is -0.278 e. The van der Waals surface area contributed by atoms with Crippen LogP contribution in [0.3, 0.4) is 0 Å². The molecule has 0 radical (unpaired) electrons. The number of aryl methyl sites for hydroxylation is 1. The lowest BCUT2D eigenvalue weighted by atomic mass is 10.2. The van der Waals surface area contributed by atoms with E-state index in [-0.39, 0.29) is 4.90 Å². The molecule has 0 unspecified atom stereocenters. The molecule has 0 aromatic heterocycles. The third kappa shape index (κ3) is 3.32. The molecule has 1 aromatic rings. The van der Waals surface area contributed by atoms with Crippen molar-refractivity contribution in [3.8, 4) is 0 Å². The average Bonchev–Trinajstić information content (AvgIpc) is 2.27. The topological polar surface area (TPSA) is 75.3 Å². The van der Waals surface area contributed by atoms with Gasteiger partial charge in [-0.2, -0.15) is 0 Å². The third-order valence-electron chi connectivity index (χ3n) is 2.00. The summed E-state index contributed by atoms with van der Waals surface area (Å²) in [6.07, 6.45) is 0.847. The largest absolute Gasteiger partial charge is 0.278 e. The van der Waals surface area contributed by atoms with Crippen LogP contribution in [0.15, 0.2) is 29.2 Å². The van der Waals surface area contributed by atoms with Crippen molar-refractivity contribution in [1.82, 2.24) is 10.3 Å². The summed E-state index contributed by atoms with van der Waals surface area (Å²) >= 11 is 0. The van der Waals surface area contributed by atoms with E-state index in [1.54, 1.807) is 12.1 Å². The van der Waals surface area contributed by atoms with Gasteiger partial charge < -0.3 is 0 Å². The molecule has 0 aliphatic carbocycles. The van der Waals surface area contributed by atoms with Crippen molar-refractivity contribution in [1.29, 1.82) is 0 Å². The second-order valence-corrected chi connectivity index (χ2v) is 4.97. The van der Waals surface area contributed by atoms with Crippen molar-refractivity contribution in [3.63, 3.8) is 0 Å². The van der Waals surface area contributed by atoms with Crippen molar-refractivity contribution < 1.29 is 13.2 Å². The second kappa shape index (κ2) is 5.09. The SMILES string of the molecule is CCc1ccc(S(=O)(=O)NNC(C)=O)cc1. The van der Waals surface area contributed by atoms with Crippen LogP contribution in [-0.2, 0) is 21.2 Å². The highest BCUT2D eigenvalue weighted by Gasteiger charge is 2.13. The Labute approximate surface area is 94.9 Å². The van der Waals surface area contributed by atoms with Gasteiger partial charge in [0.25, 0.3) is 10.0 Å². The van der Waals surface area contributed by atoms with Crippen molar-refractivity contribution >= 4 is 15.9 Å². The zero-order valence-corrected chi connectivity index (χ0v) is 9.97. The lowest BCUT2D eigenvalue weighted by Gasteiger charge is -2.06. The molecular weight excluding hydrogens is 228 g/mol. The lowest BCUT2D eigenvalue weighted by Crippen LogP contribution is -2.40. The van der Waals surface area contributed by atoms with Crippen LogP contribution in [-0.4, -0.2) is 14.3 Å². The van der Waals surface area contributed by atoms with Gasteiger partial charge in [0.15, 0.2) is 0 Å². The Hall–Kier alpha value is -1.40. The van der Waals surface area contributed by atoms with E-state index in [4.69, 9.17) is 0 Å². The van der Waals surface area contributed by atoms with Gasteiger partial charge >= 0.3 is 0 Å². The number of benzene rings is 1. The summed E-state index contributed by atoms with van der Waals surface area (Å²) < 4.78 is 23.2. The summed E-state index contributed by atoms with van der Waals surface area (Å²) in [5.74, 6) is -0.464. The van der Waals surface area contributed by atoms with Gasteiger partial charge in [-0.15, -0.1) is 4.83 Å². The molecule has 0 bridgehead atoms. The molecule has 1 aromatic carbocycles. The number of sulfonamides is 1. The number of nitrogens with one attached hydrogen (secondary N) is 2. The Kier molecular flexibility index (Phi) is 4.03. The van der Waals surface area contributed by atoms with Gasteiger partial charge in [-0.25, -0.2) is 8.42 Å². The van der Waals surface area contributed by atoms with Crippen LogP contribution in [0.5, 0.6) is 0 Å². The first-order valence-electron chi connectivity index (χ1n) is 4.83.